The summed E-state index contributed by atoms with van der Waals surface area (Å²) in [6.07, 6.45) is 6.45. The first-order valence-electron chi connectivity index (χ1n) is 6.00. The maximum absolute atomic E-state index is 4.60. The molecular formula is C12H22N2S. The smallest absolute Gasteiger partial charge is 0.107 e. The van der Waals surface area contributed by atoms with Gasteiger partial charge in [-0.3, -0.25) is 0 Å². The van der Waals surface area contributed by atoms with Crippen LogP contribution in [0.4, 0.5) is 0 Å². The van der Waals surface area contributed by atoms with Crippen molar-refractivity contribution in [1.29, 1.82) is 0 Å². The summed E-state index contributed by atoms with van der Waals surface area (Å²) in [6.45, 7) is 6.32. The summed E-state index contributed by atoms with van der Waals surface area (Å²) in [5.41, 5.74) is 1.28. The largest absolute Gasteiger partial charge is 0.311 e. The van der Waals surface area contributed by atoms with Crippen molar-refractivity contribution in [3.63, 3.8) is 0 Å². The molecule has 0 fully saturated rings. The average molecular weight is 226 g/mol. The van der Waals surface area contributed by atoms with E-state index in [2.05, 4.69) is 29.5 Å². The lowest BCUT2D eigenvalue weighted by Gasteiger charge is -1.97. The summed E-state index contributed by atoms with van der Waals surface area (Å²) in [5, 5.41) is 6.73. The molecule has 1 aromatic rings. The summed E-state index contributed by atoms with van der Waals surface area (Å²) in [4.78, 5) is 4.60. The number of rotatable bonds is 8. The monoisotopic (exact) mass is 226 g/mol. The highest BCUT2D eigenvalue weighted by Crippen LogP contribution is 2.12. The summed E-state index contributed by atoms with van der Waals surface area (Å²) in [6, 6.07) is 0. The second kappa shape index (κ2) is 7.83. The maximum Gasteiger partial charge on any atom is 0.107 e. The number of aryl methyl sites for hydroxylation is 1. The normalized spacial score (nSPS) is 10.8. The van der Waals surface area contributed by atoms with Crippen LogP contribution in [0.1, 0.15) is 50.2 Å². The summed E-state index contributed by atoms with van der Waals surface area (Å²) < 4.78 is 0. The van der Waals surface area contributed by atoms with Gasteiger partial charge in [0.25, 0.3) is 0 Å². The minimum absolute atomic E-state index is 0.927. The Hall–Kier alpha value is -0.410. The number of unbranched alkanes of at least 4 members (excludes halogenated alkanes) is 3. The van der Waals surface area contributed by atoms with Crippen molar-refractivity contribution in [2.45, 2.75) is 52.5 Å². The van der Waals surface area contributed by atoms with E-state index in [1.807, 2.05) is 0 Å². The van der Waals surface area contributed by atoms with Crippen molar-refractivity contribution in [2.24, 2.45) is 0 Å². The van der Waals surface area contributed by atoms with Gasteiger partial charge in [-0.2, -0.15) is 0 Å². The van der Waals surface area contributed by atoms with Gasteiger partial charge in [0.15, 0.2) is 0 Å². The first-order valence-corrected chi connectivity index (χ1v) is 6.88. The van der Waals surface area contributed by atoms with Gasteiger partial charge >= 0.3 is 0 Å². The van der Waals surface area contributed by atoms with Crippen molar-refractivity contribution in [1.82, 2.24) is 10.3 Å². The lowest BCUT2D eigenvalue weighted by atomic mass is 10.1. The molecule has 0 aromatic carbocycles. The highest BCUT2D eigenvalue weighted by molar-refractivity contribution is 7.09. The van der Waals surface area contributed by atoms with Crippen molar-refractivity contribution in [3.8, 4) is 0 Å². The Kier molecular flexibility index (Phi) is 6.60. The molecule has 0 saturated carbocycles. The van der Waals surface area contributed by atoms with E-state index >= 15 is 0 Å². The van der Waals surface area contributed by atoms with E-state index in [-0.39, 0.29) is 0 Å². The molecule has 0 bridgehead atoms. The topological polar surface area (TPSA) is 24.9 Å². The van der Waals surface area contributed by atoms with Crippen LogP contribution < -0.4 is 5.32 Å². The second-order valence-electron chi connectivity index (χ2n) is 3.82. The Bertz CT molecular complexity index is 258. The molecule has 1 aromatic heterocycles. The van der Waals surface area contributed by atoms with E-state index in [0.717, 1.165) is 19.5 Å². The Balaban J connectivity index is 2.20. The van der Waals surface area contributed by atoms with Crippen LogP contribution in [0.3, 0.4) is 0 Å². The van der Waals surface area contributed by atoms with Crippen LogP contribution in [0.2, 0.25) is 0 Å². The van der Waals surface area contributed by atoms with Gasteiger partial charge in [-0.15, -0.1) is 11.3 Å². The van der Waals surface area contributed by atoms with E-state index in [0.29, 0.717) is 0 Å². The zero-order valence-corrected chi connectivity index (χ0v) is 10.7. The van der Waals surface area contributed by atoms with E-state index in [4.69, 9.17) is 0 Å². The number of aromatic nitrogens is 1. The van der Waals surface area contributed by atoms with Crippen molar-refractivity contribution < 1.29 is 0 Å². The molecule has 0 radical (unpaired) electrons. The van der Waals surface area contributed by atoms with Gasteiger partial charge in [0.2, 0.25) is 0 Å². The summed E-state index contributed by atoms with van der Waals surface area (Å²) in [5.74, 6) is 0. The molecule has 0 aliphatic carbocycles. The van der Waals surface area contributed by atoms with Crippen LogP contribution in [0.25, 0.3) is 0 Å². The standard InChI is InChI=1S/C12H22N2S/c1-3-5-6-7-8-11-10-15-12(14-11)9-13-4-2/h10,13H,3-9H2,1-2H3. The van der Waals surface area contributed by atoms with Crippen LogP contribution >= 0.6 is 11.3 Å². The zero-order valence-electron chi connectivity index (χ0n) is 9.88. The van der Waals surface area contributed by atoms with Gasteiger partial charge in [0.05, 0.1) is 5.69 Å². The number of thiazole rings is 1. The van der Waals surface area contributed by atoms with E-state index < -0.39 is 0 Å². The SMILES string of the molecule is CCCCCCc1csc(CNCC)n1. The fourth-order valence-corrected chi connectivity index (χ4v) is 2.31. The molecule has 0 amide bonds. The lowest BCUT2D eigenvalue weighted by molar-refractivity contribution is 0.659. The van der Waals surface area contributed by atoms with Crippen LogP contribution in [-0.4, -0.2) is 11.5 Å². The van der Waals surface area contributed by atoms with Crippen LogP contribution in [0, 0.1) is 0 Å². The Labute approximate surface area is 97.1 Å². The van der Waals surface area contributed by atoms with Crippen molar-refractivity contribution in [3.05, 3.63) is 16.1 Å². The van der Waals surface area contributed by atoms with E-state index in [1.54, 1.807) is 11.3 Å². The molecule has 2 nitrogen and oxygen atoms in total. The highest BCUT2D eigenvalue weighted by Gasteiger charge is 2.00. The van der Waals surface area contributed by atoms with Crippen LogP contribution in [0.15, 0.2) is 5.38 Å². The first kappa shape index (κ1) is 12.7. The maximum atomic E-state index is 4.60. The molecule has 0 atom stereocenters. The highest BCUT2D eigenvalue weighted by atomic mass is 32.1. The fraction of sp³-hybridized carbons (Fsp3) is 0.750. The molecule has 1 N–H and O–H groups in total. The number of hydrogen-bond acceptors (Lipinski definition) is 3. The number of hydrogen-bond donors (Lipinski definition) is 1. The molecule has 15 heavy (non-hydrogen) atoms. The third-order valence-electron chi connectivity index (χ3n) is 2.41. The van der Waals surface area contributed by atoms with Crippen molar-refractivity contribution >= 4 is 11.3 Å². The Morgan fingerprint density at radius 1 is 1.27 bits per heavy atom. The molecule has 0 spiro atoms. The molecule has 0 aliphatic rings. The second-order valence-corrected chi connectivity index (χ2v) is 4.77. The Morgan fingerprint density at radius 2 is 2.13 bits per heavy atom. The first-order chi connectivity index (χ1) is 7.36. The molecular weight excluding hydrogens is 204 g/mol. The number of nitrogens with zero attached hydrogens (tertiary/aromatic N) is 1. The molecule has 3 heteroatoms. The van der Waals surface area contributed by atoms with Crippen LogP contribution in [-0.2, 0) is 13.0 Å². The molecule has 1 heterocycles. The average Bonchev–Trinajstić information content (AvgIpc) is 2.69. The zero-order chi connectivity index (χ0) is 10.9. The number of nitrogens with one attached hydrogen (secondary N) is 1. The van der Waals surface area contributed by atoms with Gasteiger partial charge in [-0.05, 0) is 19.4 Å². The van der Waals surface area contributed by atoms with Gasteiger partial charge in [0, 0.05) is 11.9 Å². The predicted octanol–water partition coefficient (Wildman–Crippen LogP) is 3.38. The third-order valence-corrected chi connectivity index (χ3v) is 3.31. The fourth-order valence-electron chi connectivity index (χ4n) is 1.51. The van der Waals surface area contributed by atoms with Gasteiger partial charge in [-0.25, -0.2) is 4.98 Å². The summed E-state index contributed by atoms with van der Waals surface area (Å²) in [7, 11) is 0. The summed E-state index contributed by atoms with van der Waals surface area (Å²) >= 11 is 1.78. The van der Waals surface area contributed by atoms with Crippen LogP contribution in [0.5, 0.6) is 0 Å². The molecule has 0 saturated heterocycles. The van der Waals surface area contributed by atoms with Gasteiger partial charge in [0.1, 0.15) is 5.01 Å². The quantitative estimate of drug-likeness (QED) is 0.687. The van der Waals surface area contributed by atoms with E-state index in [1.165, 1.54) is 36.4 Å². The molecule has 86 valence electrons. The van der Waals surface area contributed by atoms with Gasteiger partial charge < -0.3 is 5.32 Å². The molecule has 1 rings (SSSR count). The Morgan fingerprint density at radius 3 is 2.87 bits per heavy atom. The lowest BCUT2D eigenvalue weighted by Crippen LogP contribution is -2.11. The molecule has 0 aliphatic heterocycles. The van der Waals surface area contributed by atoms with E-state index in [9.17, 15) is 0 Å². The third kappa shape index (κ3) is 5.28. The minimum Gasteiger partial charge on any atom is -0.311 e. The predicted molar refractivity (Wildman–Crippen MR) is 67.3 cm³/mol. The minimum atomic E-state index is 0.927. The van der Waals surface area contributed by atoms with Gasteiger partial charge in [-0.1, -0.05) is 33.1 Å². The molecule has 0 unspecified atom stereocenters. The van der Waals surface area contributed by atoms with Crippen molar-refractivity contribution in [2.75, 3.05) is 6.54 Å².